The summed E-state index contributed by atoms with van der Waals surface area (Å²) in [6.45, 7) is 0. The first-order chi connectivity index (χ1) is 8.76. The molecule has 3 nitrogen and oxygen atoms in total. The summed E-state index contributed by atoms with van der Waals surface area (Å²) < 4.78 is 5.14. The van der Waals surface area contributed by atoms with Crippen molar-refractivity contribution in [2.24, 2.45) is 11.8 Å². The molecule has 0 aliphatic heterocycles. The van der Waals surface area contributed by atoms with E-state index in [9.17, 15) is 4.79 Å². The second-order valence-electron chi connectivity index (χ2n) is 5.49. The zero-order valence-corrected chi connectivity index (χ0v) is 10.7. The van der Waals surface area contributed by atoms with Gasteiger partial charge in [-0.25, -0.2) is 0 Å². The number of hydrogen-bond donors (Lipinski definition) is 1. The second kappa shape index (κ2) is 4.63. The minimum absolute atomic E-state index is 0.0338. The van der Waals surface area contributed by atoms with Crippen molar-refractivity contribution < 1.29 is 9.53 Å². The Morgan fingerprint density at radius 2 is 2.22 bits per heavy atom. The molecular weight excluding hydrogens is 226 g/mol. The molecule has 0 aromatic heterocycles. The molecule has 96 valence electrons. The van der Waals surface area contributed by atoms with Crippen LogP contribution >= 0.6 is 0 Å². The average molecular weight is 245 g/mol. The number of nitrogens with one attached hydrogen (secondary N) is 1. The quantitative estimate of drug-likeness (QED) is 0.889. The molecule has 2 fully saturated rings. The molecule has 0 spiro atoms. The summed E-state index contributed by atoms with van der Waals surface area (Å²) in [5, 5.41) is 3.18. The van der Waals surface area contributed by atoms with Crippen molar-refractivity contribution in [2.45, 2.75) is 31.7 Å². The zero-order valence-electron chi connectivity index (χ0n) is 10.7. The highest BCUT2D eigenvalue weighted by Crippen LogP contribution is 2.44. The summed E-state index contributed by atoms with van der Waals surface area (Å²) >= 11 is 0. The van der Waals surface area contributed by atoms with E-state index in [0.717, 1.165) is 11.7 Å². The van der Waals surface area contributed by atoms with Crippen molar-refractivity contribution in [3.8, 4) is 5.75 Å². The van der Waals surface area contributed by atoms with E-state index >= 15 is 0 Å². The molecule has 1 aromatic rings. The highest BCUT2D eigenvalue weighted by molar-refractivity contribution is 5.94. The van der Waals surface area contributed by atoms with E-state index < -0.39 is 0 Å². The van der Waals surface area contributed by atoms with Crippen LogP contribution in [0.15, 0.2) is 24.3 Å². The van der Waals surface area contributed by atoms with E-state index in [1.807, 2.05) is 18.2 Å². The molecule has 0 heterocycles. The first-order valence-corrected chi connectivity index (χ1v) is 6.71. The number of carbonyl (C=O) groups excluding carboxylic acids is 1. The van der Waals surface area contributed by atoms with Crippen molar-refractivity contribution in [2.75, 3.05) is 7.11 Å². The maximum Gasteiger partial charge on any atom is 0.251 e. The number of hydrogen-bond acceptors (Lipinski definition) is 2. The largest absolute Gasteiger partial charge is 0.497 e. The fraction of sp³-hybridized carbons (Fsp3) is 0.533. The van der Waals surface area contributed by atoms with Crippen molar-refractivity contribution in [3.63, 3.8) is 0 Å². The number of benzene rings is 1. The molecule has 3 atom stereocenters. The number of fused-ring (bicyclic) bond motifs is 2. The van der Waals surface area contributed by atoms with Crippen molar-refractivity contribution in [1.82, 2.24) is 5.32 Å². The normalized spacial score (nSPS) is 29.3. The first-order valence-electron chi connectivity index (χ1n) is 6.71. The van der Waals surface area contributed by atoms with E-state index in [0.29, 0.717) is 17.5 Å². The van der Waals surface area contributed by atoms with Crippen LogP contribution in [0.5, 0.6) is 5.75 Å². The summed E-state index contributed by atoms with van der Waals surface area (Å²) in [6.07, 6.45) is 5.12. The molecule has 1 N–H and O–H groups in total. The highest BCUT2D eigenvalue weighted by Gasteiger charge is 2.40. The Labute approximate surface area is 108 Å². The fourth-order valence-corrected chi connectivity index (χ4v) is 3.44. The predicted octanol–water partition coefficient (Wildman–Crippen LogP) is 2.61. The van der Waals surface area contributed by atoms with Crippen LogP contribution in [0.4, 0.5) is 0 Å². The lowest BCUT2D eigenvalue weighted by Crippen LogP contribution is -2.38. The Morgan fingerprint density at radius 3 is 2.89 bits per heavy atom. The molecule has 18 heavy (non-hydrogen) atoms. The van der Waals surface area contributed by atoms with Crippen molar-refractivity contribution in [1.29, 1.82) is 0 Å². The van der Waals surface area contributed by atoms with Crippen LogP contribution < -0.4 is 10.1 Å². The lowest BCUT2D eigenvalue weighted by Gasteiger charge is -2.22. The summed E-state index contributed by atoms with van der Waals surface area (Å²) in [6, 6.07) is 7.73. The highest BCUT2D eigenvalue weighted by atomic mass is 16.5. The molecular formula is C15H19NO2. The van der Waals surface area contributed by atoms with Gasteiger partial charge in [0.2, 0.25) is 0 Å². The zero-order chi connectivity index (χ0) is 12.5. The minimum Gasteiger partial charge on any atom is -0.497 e. The lowest BCUT2D eigenvalue weighted by atomic mass is 9.95. The van der Waals surface area contributed by atoms with E-state index in [1.165, 1.54) is 25.7 Å². The standard InChI is InChI=1S/C15H19NO2/c1-18-13-4-2-3-12(9-13)15(17)16-14-8-10-5-6-11(14)7-10/h2-4,9-11,14H,5-8H2,1H3,(H,16,17). The third-order valence-electron chi connectivity index (χ3n) is 4.39. The van der Waals surface area contributed by atoms with Gasteiger partial charge in [-0.2, -0.15) is 0 Å². The number of methoxy groups -OCH3 is 1. The van der Waals surface area contributed by atoms with Gasteiger partial charge in [0.15, 0.2) is 0 Å². The molecule has 2 aliphatic rings. The van der Waals surface area contributed by atoms with Gasteiger partial charge >= 0.3 is 0 Å². The molecule has 1 amide bonds. The minimum atomic E-state index is 0.0338. The number of amides is 1. The smallest absolute Gasteiger partial charge is 0.251 e. The Bertz CT molecular complexity index is 458. The maximum absolute atomic E-state index is 12.2. The lowest BCUT2D eigenvalue weighted by molar-refractivity contribution is 0.0922. The van der Waals surface area contributed by atoms with Gasteiger partial charge in [0.1, 0.15) is 5.75 Å². The molecule has 3 heteroatoms. The van der Waals surface area contributed by atoms with Crippen LogP contribution in [0.3, 0.4) is 0 Å². The Balaban J connectivity index is 1.67. The van der Waals surface area contributed by atoms with Crippen molar-refractivity contribution >= 4 is 5.91 Å². The third-order valence-corrected chi connectivity index (χ3v) is 4.39. The van der Waals surface area contributed by atoms with Gasteiger partial charge in [0.25, 0.3) is 5.91 Å². The summed E-state index contributed by atoms with van der Waals surface area (Å²) in [4.78, 5) is 12.2. The van der Waals surface area contributed by atoms with Gasteiger partial charge < -0.3 is 10.1 Å². The van der Waals surface area contributed by atoms with Gasteiger partial charge in [-0.15, -0.1) is 0 Å². The average Bonchev–Trinajstić information content (AvgIpc) is 3.01. The topological polar surface area (TPSA) is 38.3 Å². The van der Waals surface area contributed by atoms with E-state index in [-0.39, 0.29) is 5.91 Å². The predicted molar refractivity (Wildman–Crippen MR) is 69.7 cm³/mol. The van der Waals surface area contributed by atoms with Crippen molar-refractivity contribution in [3.05, 3.63) is 29.8 Å². The van der Waals surface area contributed by atoms with Crippen LogP contribution in [0.25, 0.3) is 0 Å². The first kappa shape index (κ1) is 11.6. The van der Waals surface area contributed by atoms with Crippen LogP contribution in [0.2, 0.25) is 0 Å². The van der Waals surface area contributed by atoms with Crippen LogP contribution in [-0.2, 0) is 0 Å². The van der Waals surface area contributed by atoms with Crippen LogP contribution in [-0.4, -0.2) is 19.1 Å². The summed E-state index contributed by atoms with van der Waals surface area (Å²) in [7, 11) is 1.62. The van der Waals surface area contributed by atoms with Gasteiger partial charge in [0, 0.05) is 11.6 Å². The molecule has 3 unspecified atom stereocenters. The van der Waals surface area contributed by atoms with E-state index in [1.54, 1.807) is 13.2 Å². The molecule has 2 saturated carbocycles. The SMILES string of the molecule is COc1cccc(C(=O)NC2CC3CCC2C3)c1. The molecule has 3 rings (SSSR count). The van der Waals surface area contributed by atoms with E-state index in [4.69, 9.17) is 4.74 Å². The van der Waals surface area contributed by atoms with Gasteiger partial charge in [-0.3, -0.25) is 4.79 Å². The Kier molecular flexibility index (Phi) is 2.98. The number of carbonyl (C=O) groups is 1. The molecule has 0 saturated heterocycles. The van der Waals surface area contributed by atoms with Gasteiger partial charge in [-0.1, -0.05) is 12.5 Å². The fourth-order valence-electron chi connectivity index (χ4n) is 3.44. The second-order valence-corrected chi connectivity index (χ2v) is 5.49. The van der Waals surface area contributed by atoms with Gasteiger partial charge in [-0.05, 0) is 49.3 Å². The van der Waals surface area contributed by atoms with Gasteiger partial charge in [0.05, 0.1) is 7.11 Å². The van der Waals surface area contributed by atoms with Crippen LogP contribution in [0.1, 0.15) is 36.0 Å². The number of ether oxygens (including phenoxy) is 1. The number of rotatable bonds is 3. The Hall–Kier alpha value is -1.51. The monoisotopic (exact) mass is 245 g/mol. The molecule has 0 radical (unpaired) electrons. The maximum atomic E-state index is 12.2. The summed E-state index contributed by atoms with van der Waals surface area (Å²) in [5.74, 6) is 2.33. The van der Waals surface area contributed by atoms with E-state index in [2.05, 4.69) is 5.32 Å². The summed E-state index contributed by atoms with van der Waals surface area (Å²) in [5.41, 5.74) is 0.692. The third kappa shape index (κ3) is 2.09. The molecule has 2 aliphatic carbocycles. The van der Waals surface area contributed by atoms with Crippen LogP contribution in [0, 0.1) is 11.8 Å². The molecule has 2 bridgehead atoms. The Morgan fingerprint density at radius 1 is 1.33 bits per heavy atom. The molecule has 1 aromatic carbocycles.